The molecule has 0 aromatic heterocycles. The molecule has 1 N–H and O–H groups in total. The minimum Gasteiger partial charge on any atom is -0.300 e. The van der Waals surface area contributed by atoms with Gasteiger partial charge in [-0.3, -0.25) is 0 Å². The first kappa shape index (κ1) is 6.17. The van der Waals surface area contributed by atoms with Crippen LogP contribution >= 0.6 is 0 Å². The largest absolute Gasteiger partial charge is 0.350 e. The quantitative estimate of drug-likeness (QED) is 0.404. The minimum absolute atomic E-state index is 0.810. The first-order valence-electron chi connectivity index (χ1n) is 1.62. The lowest BCUT2D eigenvalue weighted by molar-refractivity contribution is -0.229. The molecule has 3 nitrogen and oxygen atoms in total. The van der Waals surface area contributed by atoms with Crippen molar-refractivity contribution in [3.8, 4) is 0 Å². The van der Waals surface area contributed by atoms with Crippen LogP contribution in [0.3, 0.4) is 0 Å². The number of hydrogen-bond donors (Lipinski definition) is 1. The molecule has 0 rings (SSSR count). The summed E-state index contributed by atoms with van der Waals surface area (Å²) in [6, 6.07) is 0. The highest BCUT2D eigenvalue weighted by Crippen LogP contribution is 1.78. The van der Waals surface area contributed by atoms with Crippen LogP contribution in [0.5, 0.6) is 0 Å². The molecule has 0 aliphatic rings. The van der Waals surface area contributed by atoms with Gasteiger partial charge in [0.05, 0.1) is 6.42 Å². The van der Waals surface area contributed by atoms with E-state index in [0.29, 0.717) is 0 Å². The van der Waals surface area contributed by atoms with Crippen molar-refractivity contribution in [1.82, 2.24) is 0 Å². The lowest BCUT2D eigenvalue weighted by atomic mass is 10.4. The zero-order chi connectivity index (χ0) is 5.70. The molecule has 0 fully saturated rings. The Bertz CT molecular complexity index is 77.0. The van der Waals surface area contributed by atoms with E-state index in [1.807, 2.05) is 0 Å². The van der Waals surface area contributed by atoms with Gasteiger partial charge in [-0.1, -0.05) is 6.08 Å². The first-order valence-corrected chi connectivity index (χ1v) is 1.62. The van der Waals surface area contributed by atoms with E-state index in [1.165, 1.54) is 6.08 Å². The van der Waals surface area contributed by atoms with E-state index in [-0.39, 0.29) is 0 Å². The van der Waals surface area contributed by atoms with E-state index >= 15 is 0 Å². The summed E-state index contributed by atoms with van der Waals surface area (Å²) in [5.41, 5.74) is 0. The van der Waals surface area contributed by atoms with Crippen LogP contribution in [0.25, 0.3) is 0 Å². The van der Waals surface area contributed by atoms with Crippen LogP contribution < -0.4 is 0 Å². The summed E-state index contributed by atoms with van der Waals surface area (Å²) >= 11 is 0. The summed E-state index contributed by atoms with van der Waals surface area (Å²) < 4.78 is 0. The molecule has 39 valence electrons. The van der Waals surface area contributed by atoms with Crippen LogP contribution in [0.2, 0.25) is 0 Å². The monoisotopic (exact) mass is 101 g/mol. The standard InChI is InChI=1S/C4H5O3/c1-2-3-4(5)7-6/h2-3,6H,1H2. The van der Waals surface area contributed by atoms with Gasteiger partial charge in [0, 0.05) is 0 Å². The maximum Gasteiger partial charge on any atom is 0.350 e. The predicted octanol–water partition coefficient (Wildman–Crippen LogP) is 0.393. The van der Waals surface area contributed by atoms with Crippen molar-refractivity contribution in [2.75, 3.05) is 0 Å². The van der Waals surface area contributed by atoms with Gasteiger partial charge in [0.1, 0.15) is 0 Å². The molecule has 0 spiro atoms. The normalized spacial score (nSPS) is 7.57. The van der Waals surface area contributed by atoms with Gasteiger partial charge in [-0.2, -0.15) is 5.26 Å². The zero-order valence-corrected chi connectivity index (χ0v) is 3.63. The third-order valence-corrected chi connectivity index (χ3v) is 0.344. The lowest BCUT2D eigenvalue weighted by Crippen LogP contribution is -1.97. The van der Waals surface area contributed by atoms with Crippen molar-refractivity contribution in [2.45, 2.75) is 0 Å². The Balaban J connectivity index is 3.17. The smallest absolute Gasteiger partial charge is 0.300 e. The fourth-order valence-electron chi connectivity index (χ4n) is 0.127. The van der Waals surface area contributed by atoms with Crippen LogP contribution in [-0.2, 0) is 9.68 Å². The molecule has 0 atom stereocenters. The molecule has 1 radical (unpaired) electrons. The molecule has 7 heavy (non-hydrogen) atoms. The SMILES string of the molecule is C=C[CH]C(=O)OO. The van der Waals surface area contributed by atoms with Gasteiger partial charge in [0.25, 0.3) is 0 Å². The molecule has 3 heteroatoms. The average Bonchev–Trinajstić information content (AvgIpc) is 1.68. The molecule has 0 aliphatic carbocycles. The molecular formula is C4H5O3. The van der Waals surface area contributed by atoms with E-state index in [0.717, 1.165) is 6.42 Å². The summed E-state index contributed by atoms with van der Waals surface area (Å²) in [5, 5.41) is 7.54. The van der Waals surface area contributed by atoms with E-state index in [9.17, 15) is 4.79 Å². The van der Waals surface area contributed by atoms with Crippen molar-refractivity contribution >= 4 is 5.97 Å². The molecule has 0 amide bonds. The second-order valence-electron chi connectivity index (χ2n) is 0.813. The van der Waals surface area contributed by atoms with Crippen molar-refractivity contribution in [1.29, 1.82) is 0 Å². The zero-order valence-electron chi connectivity index (χ0n) is 3.63. The van der Waals surface area contributed by atoms with Crippen LogP contribution in [0.4, 0.5) is 0 Å². The van der Waals surface area contributed by atoms with E-state index < -0.39 is 5.97 Å². The Morgan fingerprint density at radius 2 is 2.43 bits per heavy atom. The van der Waals surface area contributed by atoms with Crippen LogP contribution in [0.1, 0.15) is 0 Å². The van der Waals surface area contributed by atoms with Gasteiger partial charge in [-0.05, 0) is 0 Å². The van der Waals surface area contributed by atoms with E-state index in [2.05, 4.69) is 11.5 Å². The van der Waals surface area contributed by atoms with Crippen LogP contribution in [0, 0.1) is 6.42 Å². The van der Waals surface area contributed by atoms with Gasteiger partial charge in [-0.25, -0.2) is 4.79 Å². The van der Waals surface area contributed by atoms with Crippen molar-refractivity contribution in [3.63, 3.8) is 0 Å². The Morgan fingerprint density at radius 1 is 1.86 bits per heavy atom. The number of rotatable bonds is 2. The van der Waals surface area contributed by atoms with Gasteiger partial charge in [-0.15, -0.1) is 6.58 Å². The lowest BCUT2D eigenvalue weighted by Gasteiger charge is -1.84. The number of carbonyl (C=O) groups excluding carboxylic acids is 1. The van der Waals surface area contributed by atoms with E-state index in [1.54, 1.807) is 0 Å². The Kier molecular flexibility index (Phi) is 2.96. The van der Waals surface area contributed by atoms with Gasteiger partial charge < -0.3 is 4.89 Å². The number of carbonyl (C=O) groups is 1. The molecule has 0 aliphatic heterocycles. The minimum atomic E-state index is -0.810. The Morgan fingerprint density at radius 3 is 2.57 bits per heavy atom. The van der Waals surface area contributed by atoms with E-state index in [4.69, 9.17) is 5.26 Å². The molecular weight excluding hydrogens is 96.0 g/mol. The second-order valence-corrected chi connectivity index (χ2v) is 0.813. The summed E-state index contributed by atoms with van der Waals surface area (Å²) in [6.45, 7) is 3.18. The third-order valence-electron chi connectivity index (χ3n) is 0.344. The predicted molar refractivity (Wildman–Crippen MR) is 23.2 cm³/mol. The third kappa shape index (κ3) is 2.99. The summed E-state index contributed by atoms with van der Waals surface area (Å²) in [7, 11) is 0. The maximum atomic E-state index is 9.81. The molecule has 0 saturated heterocycles. The van der Waals surface area contributed by atoms with Crippen molar-refractivity contribution in [2.24, 2.45) is 0 Å². The Hall–Kier alpha value is -0.830. The molecule has 0 aromatic carbocycles. The van der Waals surface area contributed by atoms with Crippen molar-refractivity contribution in [3.05, 3.63) is 19.1 Å². The summed E-state index contributed by atoms with van der Waals surface area (Å²) in [5.74, 6) is -0.810. The first-order chi connectivity index (χ1) is 3.31. The molecule has 0 aromatic rings. The highest BCUT2D eigenvalue weighted by atomic mass is 17.1. The fourth-order valence-corrected chi connectivity index (χ4v) is 0.127. The highest BCUT2D eigenvalue weighted by Gasteiger charge is 1.94. The average molecular weight is 101 g/mol. The molecule has 0 saturated carbocycles. The van der Waals surface area contributed by atoms with Crippen LogP contribution in [-0.4, -0.2) is 11.2 Å². The Labute approximate surface area is 41.1 Å². The van der Waals surface area contributed by atoms with Gasteiger partial charge in [0.15, 0.2) is 0 Å². The topological polar surface area (TPSA) is 46.5 Å². The van der Waals surface area contributed by atoms with Gasteiger partial charge in [0.2, 0.25) is 0 Å². The molecule has 0 heterocycles. The molecule has 0 bridgehead atoms. The fraction of sp³-hybridized carbons (Fsp3) is 0. The second kappa shape index (κ2) is 3.36. The molecule has 0 unspecified atom stereocenters. The highest BCUT2D eigenvalue weighted by molar-refractivity contribution is 5.80. The van der Waals surface area contributed by atoms with Gasteiger partial charge >= 0.3 is 5.97 Å². The van der Waals surface area contributed by atoms with Crippen LogP contribution in [0.15, 0.2) is 12.7 Å². The maximum absolute atomic E-state index is 9.81. The summed E-state index contributed by atoms with van der Waals surface area (Å²) in [4.78, 5) is 13.0. The van der Waals surface area contributed by atoms with Crippen molar-refractivity contribution < 1.29 is 14.9 Å². The summed E-state index contributed by atoms with van der Waals surface area (Å²) in [6.07, 6.45) is 2.22. The number of hydrogen-bond acceptors (Lipinski definition) is 3.